The Morgan fingerprint density at radius 3 is 2.12 bits per heavy atom. The van der Waals surface area contributed by atoms with Crippen LogP contribution in [0.3, 0.4) is 0 Å². The molecule has 0 radical (unpaired) electrons. The van der Waals surface area contributed by atoms with E-state index >= 15 is 0 Å². The molecule has 7 heteroatoms. The van der Waals surface area contributed by atoms with E-state index in [9.17, 15) is 23.1 Å². The van der Waals surface area contributed by atoms with Crippen molar-refractivity contribution in [3.05, 3.63) is 89.5 Å². The van der Waals surface area contributed by atoms with Gasteiger partial charge in [-0.05, 0) is 71.8 Å². The van der Waals surface area contributed by atoms with Gasteiger partial charge in [-0.1, -0.05) is 36.4 Å². The van der Waals surface area contributed by atoms with Gasteiger partial charge >= 0.3 is 6.18 Å². The average molecular weight is 454 g/mol. The number of benzene rings is 3. The molecule has 0 aromatic heterocycles. The van der Waals surface area contributed by atoms with Crippen LogP contribution in [0.1, 0.15) is 40.4 Å². The Bertz CT molecular complexity index is 1100. The van der Waals surface area contributed by atoms with Gasteiger partial charge in [0.15, 0.2) is 0 Å². The molecule has 1 aliphatic rings. The lowest BCUT2D eigenvalue weighted by atomic mass is 9.84. The number of nitrogens with two attached hydrogens (primary N) is 1. The van der Waals surface area contributed by atoms with Crippen LogP contribution in [0.15, 0.2) is 72.8 Å². The zero-order chi connectivity index (χ0) is 23.6. The second-order valence-electron chi connectivity index (χ2n) is 8.34. The molecule has 3 N–H and O–H groups in total. The molecule has 3 aromatic rings. The number of hydrogen-bond acceptors (Lipinski definition) is 3. The normalized spacial score (nSPS) is 15.9. The van der Waals surface area contributed by atoms with Gasteiger partial charge in [-0.2, -0.15) is 13.2 Å². The number of anilines is 1. The Balaban J connectivity index is 1.47. The maximum Gasteiger partial charge on any atom is 0.416 e. The molecule has 0 unspecified atom stereocenters. The van der Waals surface area contributed by atoms with E-state index in [0.717, 1.165) is 54.9 Å². The van der Waals surface area contributed by atoms with E-state index in [0.29, 0.717) is 11.1 Å². The van der Waals surface area contributed by atoms with Crippen molar-refractivity contribution in [2.75, 3.05) is 18.0 Å². The molecule has 1 saturated heterocycles. The maximum atomic E-state index is 12.9. The van der Waals surface area contributed by atoms with E-state index in [1.165, 1.54) is 12.1 Å². The van der Waals surface area contributed by atoms with E-state index in [1.807, 2.05) is 36.4 Å². The Labute approximate surface area is 190 Å². The van der Waals surface area contributed by atoms with Crippen molar-refractivity contribution in [1.82, 2.24) is 0 Å². The second kappa shape index (κ2) is 9.27. The molecule has 1 aliphatic heterocycles. The largest absolute Gasteiger partial charge is 0.416 e. The van der Waals surface area contributed by atoms with Crippen LogP contribution in [0.4, 0.5) is 18.9 Å². The molecule has 0 spiro atoms. The average Bonchev–Trinajstić information content (AvgIpc) is 2.83. The lowest BCUT2D eigenvalue weighted by molar-refractivity contribution is -0.137. The summed E-state index contributed by atoms with van der Waals surface area (Å²) in [6, 6.07) is 19.5. The number of primary amides is 1. The number of piperidine rings is 1. The summed E-state index contributed by atoms with van der Waals surface area (Å²) in [6.07, 6.45) is -3.57. The first-order valence-electron chi connectivity index (χ1n) is 10.8. The van der Waals surface area contributed by atoms with E-state index in [-0.39, 0.29) is 5.92 Å². The molecule has 172 valence electrons. The van der Waals surface area contributed by atoms with Gasteiger partial charge in [-0.15, -0.1) is 0 Å². The number of nitrogens with zero attached hydrogens (tertiary/aromatic N) is 1. The Hall–Kier alpha value is -3.32. The first-order valence-corrected chi connectivity index (χ1v) is 10.8. The fourth-order valence-electron chi connectivity index (χ4n) is 4.42. The summed E-state index contributed by atoms with van der Waals surface area (Å²) in [5, 5.41) is 11.2. The monoisotopic (exact) mass is 454 g/mol. The van der Waals surface area contributed by atoms with Crippen molar-refractivity contribution < 1.29 is 23.1 Å². The van der Waals surface area contributed by atoms with Gasteiger partial charge in [0.25, 0.3) is 0 Å². The molecular formula is C26H25F3N2O2. The smallest absolute Gasteiger partial charge is 0.388 e. The highest BCUT2D eigenvalue weighted by molar-refractivity contribution is 5.93. The molecule has 0 saturated carbocycles. The standard InChI is InChI=1S/C26H25F3N2O2/c27-26(28,29)20-9-5-17(6-10-20)22-3-1-2-4-23(22)24(32)18-13-15-31(16-14-18)21-11-7-19(8-12-21)25(30)33/h1-12,18,24,32H,13-16H2,(H2,30,33)/t24-/m0/s1. The van der Waals surface area contributed by atoms with Gasteiger partial charge in [0.2, 0.25) is 5.91 Å². The van der Waals surface area contributed by atoms with Crippen molar-refractivity contribution in [3.63, 3.8) is 0 Å². The van der Waals surface area contributed by atoms with Gasteiger partial charge in [-0.3, -0.25) is 4.79 Å². The number of aliphatic hydroxyl groups is 1. The molecule has 33 heavy (non-hydrogen) atoms. The number of rotatable bonds is 5. The van der Waals surface area contributed by atoms with Crippen LogP contribution in [0.5, 0.6) is 0 Å². The van der Waals surface area contributed by atoms with Crippen LogP contribution in [0, 0.1) is 5.92 Å². The predicted octanol–water partition coefficient (Wildman–Crippen LogP) is 5.42. The summed E-state index contributed by atoms with van der Waals surface area (Å²) in [5.41, 5.74) is 8.17. The highest BCUT2D eigenvalue weighted by Gasteiger charge is 2.31. The summed E-state index contributed by atoms with van der Waals surface area (Å²) < 4.78 is 38.8. The summed E-state index contributed by atoms with van der Waals surface area (Å²) in [7, 11) is 0. The lowest BCUT2D eigenvalue weighted by Crippen LogP contribution is -2.35. The molecule has 0 bridgehead atoms. The number of carbonyl (C=O) groups is 1. The minimum Gasteiger partial charge on any atom is -0.388 e. The van der Waals surface area contributed by atoms with Crippen LogP contribution < -0.4 is 10.6 Å². The van der Waals surface area contributed by atoms with E-state index in [1.54, 1.807) is 12.1 Å². The quantitative estimate of drug-likeness (QED) is 0.541. The first-order chi connectivity index (χ1) is 15.7. The van der Waals surface area contributed by atoms with Gasteiger partial charge in [0.05, 0.1) is 11.7 Å². The molecule has 3 aromatic carbocycles. The van der Waals surface area contributed by atoms with Crippen molar-refractivity contribution in [3.8, 4) is 11.1 Å². The Morgan fingerprint density at radius 2 is 1.55 bits per heavy atom. The third kappa shape index (κ3) is 5.03. The number of alkyl halides is 3. The minimum atomic E-state index is -4.38. The third-order valence-electron chi connectivity index (χ3n) is 6.31. The summed E-state index contributed by atoms with van der Waals surface area (Å²) in [5.74, 6) is -0.433. The molecule has 4 rings (SSSR count). The molecule has 4 nitrogen and oxygen atoms in total. The maximum absolute atomic E-state index is 12.9. The molecule has 0 aliphatic carbocycles. The summed E-state index contributed by atoms with van der Waals surface area (Å²) >= 11 is 0. The number of aliphatic hydroxyl groups excluding tert-OH is 1. The van der Waals surface area contributed by atoms with E-state index < -0.39 is 23.8 Å². The van der Waals surface area contributed by atoms with Gasteiger partial charge < -0.3 is 15.7 Å². The predicted molar refractivity (Wildman–Crippen MR) is 122 cm³/mol. The van der Waals surface area contributed by atoms with Crippen molar-refractivity contribution >= 4 is 11.6 Å². The van der Waals surface area contributed by atoms with E-state index in [4.69, 9.17) is 5.73 Å². The highest BCUT2D eigenvalue weighted by atomic mass is 19.4. The number of halogens is 3. The van der Waals surface area contributed by atoms with Gasteiger partial charge in [-0.25, -0.2) is 0 Å². The van der Waals surface area contributed by atoms with Gasteiger partial charge in [0.1, 0.15) is 0 Å². The second-order valence-corrected chi connectivity index (χ2v) is 8.34. The molecule has 1 amide bonds. The number of amides is 1. The SMILES string of the molecule is NC(=O)c1ccc(N2CCC([C@H](O)c3ccccc3-c3ccc(C(F)(F)F)cc3)CC2)cc1. The zero-order valence-corrected chi connectivity index (χ0v) is 17.9. The summed E-state index contributed by atoms with van der Waals surface area (Å²) in [6.45, 7) is 1.50. The Kier molecular flexibility index (Phi) is 6.42. The topological polar surface area (TPSA) is 66.6 Å². The van der Waals surface area contributed by atoms with Crippen LogP contribution in [-0.4, -0.2) is 24.1 Å². The molecule has 1 atom stereocenters. The van der Waals surface area contributed by atoms with Gasteiger partial charge in [0, 0.05) is 24.3 Å². The van der Waals surface area contributed by atoms with Crippen LogP contribution in [-0.2, 0) is 6.18 Å². The number of carbonyl (C=O) groups excluding carboxylic acids is 1. The molecular weight excluding hydrogens is 429 g/mol. The molecule has 1 fully saturated rings. The van der Waals surface area contributed by atoms with Crippen molar-refractivity contribution in [2.45, 2.75) is 25.1 Å². The highest BCUT2D eigenvalue weighted by Crippen LogP contribution is 2.38. The van der Waals surface area contributed by atoms with Crippen LogP contribution in [0.2, 0.25) is 0 Å². The Morgan fingerprint density at radius 1 is 0.939 bits per heavy atom. The zero-order valence-electron chi connectivity index (χ0n) is 17.9. The summed E-state index contributed by atoms with van der Waals surface area (Å²) in [4.78, 5) is 13.5. The fraction of sp³-hybridized carbons (Fsp3) is 0.269. The fourth-order valence-corrected chi connectivity index (χ4v) is 4.42. The van der Waals surface area contributed by atoms with Crippen molar-refractivity contribution in [2.24, 2.45) is 11.7 Å². The number of hydrogen-bond donors (Lipinski definition) is 2. The van der Waals surface area contributed by atoms with E-state index in [2.05, 4.69) is 4.90 Å². The van der Waals surface area contributed by atoms with Crippen LogP contribution in [0.25, 0.3) is 11.1 Å². The van der Waals surface area contributed by atoms with Crippen LogP contribution >= 0.6 is 0 Å². The molecule has 1 heterocycles. The third-order valence-corrected chi connectivity index (χ3v) is 6.31. The lowest BCUT2D eigenvalue weighted by Gasteiger charge is -2.36. The minimum absolute atomic E-state index is 0.0294. The van der Waals surface area contributed by atoms with Crippen molar-refractivity contribution in [1.29, 1.82) is 0 Å². The first kappa shape index (κ1) is 22.9.